The van der Waals surface area contributed by atoms with E-state index in [4.69, 9.17) is 9.90 Å². The largest absolute Gasteiger partial charge is 0.490 e. The number of halogens is 3. The van der Waals surface area contributed by atoms with E-state index in [1.807, 2.05) is 7.05 Å². The summed E-state index contributed by atoms with van der Waals surface area (Å²) in [6.45, 7) is 5.74. The number of rotatable bonds is 10. The van der Waals surface area contributed by atoms with Gasteiger partial charge < -0.3 is 21.1 Å². The number of alkyl halides is 3. The van der Waals surface area contributed by atoms with Gasteiger partial charge in [-0.05, 0) is 23.5 Å². The normalized spacial score (nSPS) is 11.0. The van der Waals surface area contributed by atoms with Gasteiger partial charge in [-0.15, -0.1) is 0 Å². The predicted molar refractivity (Wildman–Crippen MR) is 129 cm³/mol. The van der Waals surface area contributed by atoms with Gasteiger partial charge in [-0.2, -0.15) is 33.2 Å². The van der Waals surface area contributed by atoms with E-state index in [0.29, 0.717) is 43.3 Å². The summed E-state index contributed by atoms with van der Waals surface area (Å²) in [7, 11) is 3.64. The van der Waals surface area contributed by atoms with Crippen molar-refractivity contribution in [2.24, 2.45) is 13.0 Å². The maximum Gasteiger partial charge on any atom is 0.490 e. The fourth-order valence-corrected chi connectivity index (χ4v) is 2.88. The Morgan fingerprint density at radius 2 is 1.58 bits per heavy atom. The van der Waals surface area contributed by atoms with Crippen molar-refractivity contribution in [3.05, 3.63) is 47.5 Å². The highest BCUT2D eigenvalue weighted by Gasteiger charge is 2.38. The number of carboxylic acids is 1. The van der Waals surface area contributed by atoms with E-state index in [1.165, 1.54) is 11.1 Å². The molecule has 0 saturated heterocycles. The Bertz CT molecular complexity index is 1100. The van der Waals surface area contributed by atoms with Crippen LogP contribution in [0.1, 0.15) is 30.8 Å². The quantitative estimate of drug-likeness (QED) is 0.322. The van der Waals surface area contributed by atoms with Crippen molar-refractivity contribution in [3.63, 3.8) is 0 Å². The molecule has 196 valence electrons. The molecule has 0 aliphatic rings. The van der Waals surface area contributed by atoms with Gasteiger partial charge in [0.25, 0.3) is 0 Å². The summed E-state index contributed by atoms with van der Waals surface area (Å²) in [6.07, 6.45) is -1.61. The number of benzene rings is 1. The van der Waals surface area contributed by atoms with Crippen LogP contribution in [0.25, 0.3) is 0 Å². The predicted octanol–water partition coefficient (Wildman–Crippen LogP) is 3.14. The molecule has 0 unspecified atom stereocenters. The second-order valence-electron chi connectivity index (χ2n) is 8.14. The van der Waals surface area contributed by atoms with Gasteiger partial charge in [0, 0.05) is 33.6 Å². The minimum Gasteiger partial charge on any atom is -0.475 e. The number of hydrogen-bond acceptors (Lipinski definition) is 9. The molecule has 2 aromatic heterocycles. The monoisotopic (exact) mass is 509 g/mol. The smallest absolute Gasteiger partial charge is 0.475 e. The van der Waals surface area contributed by atoms with E-state index in [2.05, 4.69) is 79.1 Å². The highest BCUT2D eigenvalue weighted by Crippen LogP contribution is 2.14. The average molecular weight is 510 g/mol. The average Bonchev–Trinajstić information content (AvgIpc) is 3.23. The van der Waals surface area contributed by atoms with Crippen LogP contribution in [-0.2, 0) is 31.2 Å². The molecule has 0 fully saturated rings. The molecule has 36 heavy (non-hydrogen) atoms. The molecule has 4 N–H and O–H groups in total. The first-order chi connectivity index (χ1) is 17.0. The number of aromatic nitrogens is 6. The van der Waals surface area contributed by atoms with Gasteiger partial charge in [-0.3, -0.25) is 4.68 Å². The second kappa shape index (κ2) is 13.2. The molecule has 0 atom stereocenters. The van der Waals surface area contributed by atoms with Crippen molar-refractivity contribution in [1.29, 1.82) is 0 Å². The third-order valence-corrected chi connectivity index (χ3v) is 4.50. The lowest BCUT2D eigenvalue weighted by molar-refractivity contribution is -0.192. The molecule has 11 nitrogen and oxygen atoms in total. The fourth-order valence-electron chi connectivity index (χ4n) is 2.88. The van der Waals surface area contributed by atoms with Gasteiger partial charge in [-0.25, -0.2) is 9.78 Å². The van der Waals surface area contributed by atoms with Gasteiger partial charge in [0.1, 0.15) is 6.33 Å². The van der Waals surface area contributed by atoms with E-state index in [9.17, 15) is 13.2 Å². The summed E-state index contributed by atoms with van der Waals surface area (Å²) in [5.41, 5.74) is 2.54. The van der Waals surface area contributed by atoms with Gasteiger partial charge in [0.2, 0.25) is 17.8 Å². The number of nitrogens with zero attached hydrogens (tertiary/aromatic N) is 6. The van der Waals surface area contributed by atoms with Crippen LogP contribution >= 0.6 is 0 Å². The van der Waals surface area contributed by atoms with Gasteiger partial charge in [-0.1, -0.05) is 38.1 Å². The molecule has 14 heteroatoms. The first-order valence-electron chi connectivity index (χ1n) is 11.1. The van der Waals surface area contributed by atoms with Crippen molar-refractivity contribution in [1.82, 2.24) is 29.7 Å². The Balaban J connectivity index is 0.000000572. The van der Waals surface area contributed by atoms with E-state index in [-0.39, 0.29) is 0 Å². The first kappa shape index (κ1) is 28.3. The molecular weight excluding hydrogens is 479 g/mol. The molecule has 1 aromatic carbocycles. The molecular formula is C22H30F3N9O2. The Kier molecular flexibility index (Phi) is 10.4. The molecule has 0 aliphatic heterocycles. The molecule has 0 spiro atoms. The Hall–Kier alpha value is -3.97. The number of carbonyl (C=O) groups is 1. The summed E-state index contributed by atoms with van der Waals surface area (Å²) in [6, 6.07) is 8.65. The summed E-state index contributed by atoms with van der Waals surface area (Å²) in [5.74, 6) is 0.218. The zero-order valence-electron chi connectivity index (χ0n) is 20.5. The number of anilines is 3. The Morgan fingerprint density at radius 1 is 1.03 bits per heavy atom. The highest BCUT2D eigenvalue weighted by atomic mass is 19.4. The molecule has 0 saturated carbocycles. The van der Waals surface area contributed by atoms with Crippen LogP contribution in [0, 0.1) is 5.92 Å². The lowest BCUT2D eigenvalue weighted by Crippen LogP contribution is -2.21. The fraction of sp³-hybridized carbons (Fsp3) is 0.455. The molecule has 0 radical (unpaired) electrons. The van der Waals surface area contributed by atoms with Crippen molar-refractivity contribution >= 4 is 23.8 Å². The second-order valence-corrected chi connectivity index (χ2v) is 8.14. The van der Waals surface area contributed by atoms with Crippen LogP contribution in [0.15, 0.2) is 30.6 Å². The Labute approximate surface area is 206 Å². The van der Waals surface area contributed by atoms with Crippen molar-refractivity contribution < 1.29 is 23.1 Å². The standard InChI is InChI=1S/C20H29N9.C2HF3O2/c1-14(2)11-15-5-7-16(8-6-15)12-23-20-26-18(21-3)25-19(27-20)22-10-9-17-24-13-29(4)28-17;3-2(4,5)1(6)7/h5-8,13-14H,9-12H2,1-4H3,(H3,21,22,23,25,26,27);(H,6,7). The topological polar surface area (TPSA) is 143 Å². The zero-order chi connectivity index (χ0) is 26.7. The molecule has 3 rings (SSSR count). The zero-order valence-corrected chi connectivity index (χ0v) is 20.5. The summed E-state index contributed by atoms with van der Waals surface area (Å²) >= 11 is 0. The van der Waals surface area contributed by atoms with E-state index in [0.717, 1.165) is 12.2 Å². The van der Waals surface area contributed by atoms with Crippen molar-refractivity contribution in [2.75, 3.05) is 29.5 Å². The van der Waals surface area contributed by atoms with E-state index in [1.54, 1.807) is 18.1 Å². The summed E-state index contributed by atoms with van der Waals surface area (Å²) in [4.78, 5) is 26.3. The molecule has 0 bridgehead atoms. The summed E-state index contributed by atoms with van der Waals surface area (Å²) in [5, 5.41) is 20.9. The SMILES string of the molecule is CNc1nc(NCCc2ncn(C)n2)nc(NCc2ccc(CC(C)C)cc2)n1.O=C(O)C(F)(F)F. The number of hydrogen-bond donors (Lipinski definition) is 4. The number of aliphatic carboxylic acids is 1. The van der Waals surface area contributed by atoms with Crippen LogP contribution in [0.5, 0.6) is 0 Å². The minimum absolute atomic E-state index is 0.508. The molecule has 2 heterocycles. The number of aryl methyl sites for hydroxylation is 1. The number of nitrogens with one attached hydrogen (secondary N) is 3. The first-order valence-corrected chi connectivity index (χ1v) is 11.1. The number of carboxylic acid groups (broad SMARTS) is 1. The van der Waals surface area contributed by atoms with Gasteiger partial charge in [0.15, 0.2) is 5.82 Å². The Morgan fingerprint density at radius 3 is 2.08 bits per heavy atom. The van der Waals surface area contributed by atoms with Crippen LogP contribution in [0.3, 0.4) is 0 Å². The molecule has 0 amide bonds. The minimum atomic E-state index is -5.08. The van der Waals surface area contributed by atoms with Crippen molar-refractivity contribution in [2.45, 2.75) is 39.4 Å². The third-order valence-electron chi connectivity index (χ3n) is 4.50. The molecule has 0 aliphatic carbocycles. The highest BCUT2D eigenvalue weighted by molar-refractivity contribution is 5.73. The third kappa shape index (κ3) is 10.1. The van der Waals surface area contributed by atoms with Crippen molar-refractivity contribution in [3.8, 4) is 0 Å². The van der Waals surface area contributed by atoms with Crippen LogP contribution in [0.4, 0.5) is 31.0 Å². The molecule has 3 aromatic rings. The van der Waals surface area contributed by atoms with Crippen LogP contribution < -0.4 is 16.0 Å². The van der Waals surface area contributed by atoms with E-state index < -0.39 is 12.1 Å². The van der Waals surface area contributed by atoms with E-state index >= 15 is 0 Å². The van der Waals surface area contributed by atoms with Crippen LogP contribution in [0.2, 0.25) is 0 Å². The van der Waals surface area contributed by atoms with Gasteiger partial charge >= 0.3 is 12.1 Å². The van der Waals surface area contributed by atoms with Crippen LogP contribution in [-0.4, -0.2) is 60.6 Å². The maximum absolute atomic E-state index is 10.6. The van der Waals surface area contributed by atoms with Gasteiger partial charge in [0.05, 0.1) is 0 Å². The summed E-state index contributed by atoms with van der Waals surface area (Å²) < 4.78 is 33.4. The lowest BCUT2D eigenvalue weighted by atomic mass is 10.0. The maximum atomic E-state index is 10.6. The lowest BCUT2D eigenvalue weighted by Gasteiger charge is -2.10.